The summed E-state index contributed by atoms with van der Waals surface area (Å²) in [7, 11) is 0. The Hall–Kier alpha value is -3.88. The molecule has 0 atom stereocenters. The summed E-state index contributed by atoms with van der Waals surface area (Å²) in [5.74, 6) is 0. The number of hydrogen-bond donors (Lipinski definition) is 1. The van der Waals surface area contributed by atoms with Crippen LogP contribution in [0, 0.1) is 0 Å². The zero-order chi connectivity index (χ0) is 21.1. The lowest BCUT2D eigenvalue weighted by atomic mass is 10.0. The van der Waals surface area contributed by atoms with Crippen molar-refractivity contribution in [1.82, 2.24) is 0 Å². The fourth-order valence-electron chi connectivity index (χ4n) is 4.87. The highest BCUT2D eigenvalue weighted by molar-refractivity contribution is 7.27. The maximum atomic E-state index is 3.71. The van der Waals surface area contributed by atoms with Gasteiger partial charge in [-0.25, -0.2) is 0 Å². The van der Waals surface area contributed by atoms with Crippen molar-refractivity contribution in [2.24, 2.45) is 0 Å². The van der Waals surface area contributed by atoms with Gasteiger partial charge in [0, 0.05) is 21.2 Å². The van der Waals surface area contributed by atoms with Gasteiger partial charge in [-0.05, 0) is 50.5 Å². The van der Waals surface area contributed by atoms with Crippen molar-refractivity contribution in [2.75, 3.05) is 5.32 Å². The highest BCUT2D eigenvalue weighted by Gasteiger charge is 2.11. The average Bonchev–Trinajstić information content (AvgIpc) is 3.24. The lowest BCUT2D eigenvalue weighted by Gasteiger charge is -2.10. The number of fused-ring (bicyclic) bond motifs is 8. The van der Waals surface area contributed by atoms with Crippen molar-refractivity contribution in [3.63, 3.8) is 0 Å². The molecule has 0 aliphatic carbocycles. The topological polar surface area (TPSA) is 12.0 Å². The average molecular weight is 426 g/mol. The number of hydrogen-bond acceptors (Lipinski definition) is 2. The van der Waals surface area contributed by atoms with Crippen molar-refractivity contribution in [3.05, 3.63) is 109 Å². The minimum atomic E-state index is 1.11. The minimum Gasteiger partial charge on any atom is -0.354 e. The van der Waals surface area contributed by atoms with Gasteiger partial charge in [0.25, 0.3) is 0 Å². The quantitative estimate of drug-likeness (QED) is 0.272. The highest BCUT2D eigenvalue weighted by atomic mass is 32.1. The molecule has 0 fully saturated rings. The van der Waals surface area contributed by atoms with E-state index in [0.717, 1.165) is 11.4 Å². The van der Waals surface area contributed by atoms with Crippen LogP contribution in [0.2, 0.25) is 0 Å². The van der Waals surface area contributed by atoms with Crippen molar-refractivity contribution in [2.45, 2.75) is 0 Å². The number of nitrogens with one attached hydrogen (secondary N) is 1. The molecule has 0 saturated heterocycles. The first kappa shape index (κ1) is 17.8. The Morgan fingerprint density at radius 1 is 0.438 bits per heavy atom. The van der Waals surface area contributed by atoms with Crippen LogP contribution >= 0.6 is 11.3 Å². The van der Waals surface area contributed by atoms with Gasteiger partial charge in [0.15, 0.2) is 0 Å². The van der Waals surface area contributed by atoms with Gasteiger partial charge in [-0.1, -0.05) is 91.0 Å². The molecule has 150 valence electrons. The van der Waals surface area contributed by atoms with E-state index < -0.39 is 0 Å². The summed E-state index contributed by atoms with van der Waals surface area (Å²) >= 11 is 1.88. The van der Waals surface area contributed by atoms with Gasteiger partial charge < -0.3 is 5.32 Å². The molecular formula is C30H19NS. The molecule has 0 saturated carbocycles. The predicted molar refractivity (Wildman–Crippen MR) is 142 cm³/mol. The van der Waals surface area contributed by atoms with Crippen LogP contribution in [0.15, 0.2) is 109 Å². The molecule has 0 amide bonds. The lowest BCUT2D eigenvalue weighted by Crippen LogP contribution is -1.90. The summed E-state index contributed by atoms with van der Waals surface area (Å²) in [6.45, 7) is 0. The number of rotatable bonds is 2. The summed E-state index contributed by atoms with van der Waals surface area (Å²) in [5.41, 5.74) is 2.27. The molecule has 0 radical (unpaired) electrons. The Morgan fingerprint density at radius 3 is 1.97 bits per heavy atom. The summed E-state index contributed by atoms with van der Waals surface area (Å²) in [6, 6.07) is 39.4. The van der Waals surface area contributed by atoms with Crippen molar-refractivity contribution in [1.29, 1.82) is 0 Å². The van der Waals surface area contributed by atoms with E-state index >= 15 is 0 Å². The molecule has 7 rings (SSSR count). The first-order chi connectivity index (χ1) is 15.8. The van der Waals surface area contributed by atoms with Gasteiger partial charge >= 0.3 is 0 Å². The van der Waals surface area contributed by atoms with Crippen molar-refractivity contribution >= 4 is 75.2 Å². The second-order valence-electron chi connectivity index (χ2n) is 8.30. The number of benzene rings is 6. The molecule has 2 heteroatoms. The summed E-state index contributed by atoms with van der Waals surface area (Å²) in [6.07, 6.45) is 0. The summed E-state index contributed by atoms with van der Waals surface area (Å²) in [4.78, 5) is 0. The maximum Gasteiger partial charge on any atom is 0.0590 e. The molecule has 0 bridgehead atoms. The molecule has 0 aliphatic heterocycles. The fraction of sp³-hybridized carbons (Fsp3) is 0. The van der Waals surface area contributed by atoms with Gasteiger partial charge in [0.05, 0.1) is 10.4 Å². The van der Waals surface area contributed by atoms with Crippen LogP contribution in [-0.2, 0) is 0 Å². The lowest BCUT2D eigenvalue weighted by molar-refractivity contribution is 1.62. The Kier molecular flexibility index (Phi) is 3.78. The third kappa shape index (κ3) is 2.63. The smallest absolute Gasteiger partial charge is 0.0590 e. The van der Waals surface area contributed by atoms with Crippen LogP contribution in [0.4, 0.5) is 11.4 Å². The fourth-order valence-corrected chi connectivity index (χ4v) is 6.18. The van der Waals surface area contributed by atoms with Gasteiger partial charge in [-0.15, -0.1) is 11.3 Å². The van der Waals surface area contributed by atoms with Crippen LogP contribution in [0.5, 0.6) is 0 Å². The second-order valence-corrected chi connectivity index (χ2v) is 9.32. The predicted octanol–water partition coefficient (Wildman–Crippen LogP) is 9.26. The third-order valence-electron chi connectivity index (χ3n) is 6.41. The molecule has 0 spiro atoms. The maximum absolute atomic E-state index is 3.71. The van der Waals surface area contributed by atoms with Crippen LogP contribution < -0.4 is 5.32 Å². The summed E-state index contributed by atoms with van der Waals surface area (Å²) < 4.78 is 2.66. The Labute approximate surface area is 189 Å². The van der Waals surface area contributed by atoms with E-state index in [9.17, 15) is 0 Å². The Morgan fingerprint density at radius 2 is 1.06 bits per heavy atom. The molecule has 1 aromatic heterocycles. The van der Waals surface area contributed by atoms with Gasteiger partial charge in [-0.3, -0.25) is 0 Å². The Balaban J connectivity index is 1.39. The van der Waals surface area contributed by atoms with Gasteiger partial charge in [-0.2, -0.15) is 0 Å². The number of anilines is 2. The molecule has 0 unspecified atom stereocenters. The van der Waals surface area contributed by atoms with Crippen LogP contribution in [0.25, 0.3) is 52.5 Å². The normalized spacial score (nSPS) is 11.8. The Bertz CT molecular complexity index is 1810. The van der Waals surface area contributed by atoms with E-state index in [2.05, 4.69) is 115 Å². The van der Waals surface area contributed by atoms with E-state index in [1.807, 2.05) is 11.3 Å². The molecule has 1 N–H and O–H groups in total. The molecule has 6 aromatic carbocycles. The molecule has 1 nitrogen and oxygen atoms in total. The van der Waals surface area contributed by atoms with Gasteiger partial charge in [0.1, 0.15) is 0 Å². The van der Waals surface area contributed by atoms with E-state index in [-0.39, 0.29) is 0 Å². The molecular weight excluding hydrogens is 406 g/mol. The zero-order valence-electron chi connectivity index (χ0n) is 17.3. The van der Waals surface area contributed by atoms with Crippen LogP contribution in [-0.4, -0.2) is 0 Å². The zero-order valence-corrected chi connectivity index (χ0v) is 18.1. The molecule has 0 aliphatic rings. The highest BCUT2D eigenvalue weighted by Crippen LogP contribution is 2.42. The van der Waals surface area contributed by atoms with E-state index in [1.165, 1.54) is 52.5 Å². The van der Waals surface area contributed by atoms with Crippen LogP contribution in [0.3, 0.4) is 0 Å². The van der Waals surface area contributed by atoms with Crippen molar-refractivity contribution in [3.8, 4) is 0 Å². The van der Waals surface area contributed by atoms with E-state index in [0.29, 0.717) is 0 Å². The molecule has 32 heavy (non-hydrogen) atoms. The largest absolute Gasteiger partial charge is 0.354 e. The SMILES string of the molecule is c1ccc2c(c1)ccc1cc(Nc3cccc4c3sc3c5ccccc5ccc43)ccc12. The monoisotopic (exact) mass is 425 g/mol. The van der Waals surface area contributed by atoms with Crippen LogP contribution in [0.1, 0.15) is 0 Å². The van der Waals surface area contributed by atoms with Crippen molar-refractivity contribution < 1.29 is 0 Å². The summed E-state index contributed by atoms with van der Waals surface area (Å²) in [5, 5.41) is 14.1. The molecule has 7 aromatic rings. The first-order valence-corrected chi connectivity index (χ1v) is 11.7. The van der Waals surface area contributed by atoms with E-state index in [4.69, 9.17) is 0 Å². The minimum absolute atomic E-state index is 1.11. The third-order valence-corrected chi connectivity index (χ3v) is 7.70. The standard InChI is InChI=1S/C30H19NS/c1-3-8-23-19(6-1)12-13-21-18-22(15-17-24(21)23)31-28-11-5-10-26-27-16-14-20-7-2-4-9-25(20)29(27)32-30(26)28/h1-18,31H. The van der Waals surface area contributed by atoms with E-state index in [1.54, 1.807) is 0 Å². The van der Waals surface area contributed by atoms with Gasteiger partial charge in [0.2, 0.25) is 0 Å². The number of thiophene rings is 1. The first-order valence-electron chi connectivity index (χ1n) is 10.9. The second kappa shape index (κ2) is 6.81. The molecule has 1 heterocycles.